The van der Waals surface area contributed by atoms with Gasteiger partial charge in [0.1, 0.15) is 5.76 Å². The monoisotopic (exact) mass is 191 g/mol. The molecule has 0 spiro atoms. The van der Waals surface area contributed by atoms with E-state index in [9.17, 15) is 4.79 Å². The molecule has 74 valence electrons. The van der Waals surface area contributed by atoms with E-state index in [1.165, 1.54) is 6.92 Å². The Labute approximate surface area is 83.4 Å². The fraction of sp³-hybridized carbons (Fsp3) is 0.182. The van der Waals surface area contributed by atoms with E-state index in [0.29, 0.717) is 5.76 Å². The largest absolute Gasteiger partial charge is 0.495 e. The van der Waals surface area contributed by atoms with Crippen molar-refractivity contribution in [3.63, 3.8) is 0 Å². The van der Waals surface area contributed by atoms with Gasteiger partial charge in [-0.1, -0.05) is 30.3 Å². The number of methoxy groups -OCH3 is 1. The van der Waals surface area contributed by atoms with E-state index >= 15 is 0 Å². The smallest absolute Gasteiger partial charge is 0.220 e. The molecule has 0 radical (unpaired) electrons. The second-order valence-electron chi connectivity index (χ2n) is 2.78. The number of hydrogen-bond acceptors (Lipinski definition) is 2. The number of ether oxygens (including phenoxy) is 1. The van der Waals surface area contributed by atoms with Crippen molar-refractivity contribution in [3.8, 4) is 0 Å². The zero-order chi connectivity index (χ0) is 10.4. The van der Waals surface area contributed by atoms with Crippen LogP contribution < -0.4 is 5.32 Å². The molecule has 0 bridgehead atoms. The molecular weight excluding hydrogens is 178 g/mol. The van der Waals surface area contributed by atoms with Crippen LogP contribution in [0.3, 0.4) is 0 Å². The number of nitrogens with one attached hydrogen (secondary N) is 1. The minimum atomic E-state index is -0.115. The molecule has 0 atom stereocenters. The van der Waals surface area contributed by atoms with Crippen LogP contribution in [-0.4, -0.2) is 13.0 Å². The van der Waals surface area contributed by atoms with E-state index in [0.717, 1.165) is 5.56 Å². The fourth-order valence-electron chi connectivity index (χ4n) is 1.03. The Morgan fingerprint density at radius 2 is 2.00 bits per heavy atom. The third kappa shape index (κ3) is 2.94. The van der Waals surface area contributed by atoms with E-state index in [-0.39, 0.29) is 5.91 Å². The van der Waals surface area contributed by atoms with Gasteiger partial charge in [0.2, 0.25) is 5.91 Å². The zero-order valence-electron chi connectivity index (χ0n) is 8.28. The van der Waals surface area contributed by atoms with Crippen LogP contribution in [0.5, 0.6) is 0 Å². The summed E-state index contributed by atoms with van der Waals surface area (Å²) in [5.41, 5.74) is 0.934. The third-order valence-electron chi connectivity index (χ3n) is 1.68. The summed E-state index contributed by atoms with van der Waals surface area (Å²) in [4.78, 5) is 10.7. The molecule has 0 aromatic heterocycles. The van der Waals surface area contributed by atoms with Gasteiger partial charge < -0.3 is 10.1 Å². The molecule has 0 unspecified atom stereocenters. The normalized spacial score (nSPS) is 10.9. The van der Waals surface area contributed by atoms with Crippen molar-refractivity contribution in [1.82, 2.24) is 5.32 Å². The van der Waals surface area contributed by atoms with Gasteiger partial charge in [-0.2, -0.15) is 0 Å². The van der Waals surface area contributed by atoms with Crippen LogP contribution >= 0.6 is 0 Å². The molecule has 1 aromatic rings. The topological polar surface area (TPSA) is 38.3 Å². The van der Waals surface area contributed by atoms with Crippen molar-refractivity contribution < 1.29 is 9.53 Å². The summed E-state index contributed by atoms with van der Waals surface area (Å²) in [6.07, 6.45) is 1.55. The van der Waals surface area contributed by atoms with Crippen molar-refractivity contribution in [1.29, 1.82) is 0 Å². The average molecular weight is 191 g/mol. The summed E-state index contributed by atoms with van der Waals surface area (Å²) in [6, 6.07) is 9.58. The molecule has 1 rings (SSSR count). The van der Waals surface area contributed by atoms with Crippen LogP contribution in [0.4, 0.5) is 0 Å². The molecule has 0 aliphatic rings. The van der Waals surface area contributed by atoms with E-state index < -0.39 is 0 Å². The zero-order valence-corrected chi connectivity index (χ0v) is 8.28. The van der Waals surface area contributed by atoms with Gasteiger partial charge in [0.05, 0.1) is 7.11 Å². The average Bonchev–Trinajstić information content (AvgIpc) is 2.20. The minimum Gasteiger partial charge on any atom is -0.495 e. The van der Waals surface area contributed by atoms with Crippen molar-refractivity contribution in [2.45, 2.75) is 6.92 Å². The summed E-state index contributed by atoms with van der Waals surface area (Å²) in [7, 11) is 1.57. The van der Waals surface area contributed by atoms with E-state index in [1.807, 2.05) is 30.3 Å². The second-order valence-corrected chi connectivity index (χ2v) is 2.78. The standard InChI is InChI=1S/C11H13NO2/c1-9(13)12-8-11(14-2)10-6-4-3-5-7-10/h3-8H,1-2H3,(H,12,13). The van der Waals surface area contributed by atoms with Gasteiger partial charge in [-0.05, 0) is 0 Å². The first kappa shape index (κ1) is 10.3. The first-order chi connectivity index (χ1) is 6.74. The SMILES string of the molecule is COC(=CNC(C)=O)c1ccccc1. The Morgan fingerprint density at radius 1 is 1.36 bits per heavy atom. The Hall–Kier alpha value is -1.77. The van der Waals surface area contributed by atoms with Gasteiger partial charge in [0.15, 0.2) is 0 Å². The van der Waals surface area contributed by atoms with Crippen LogP contribution in [0.15, 0.2) is 36.5 Å². The molecule has 1 N–H and O–H groups in total. The molecule has 0 fully saturated rings. The van der Waals surface area contributed by atoms with Gasteiger partial charge >= 0.3 is 0 Å². The Balaban J connectivity index is 2.82. The quantitative estimate of drug-likeness (QED) is 0.739. The summed E-state index contributed by atoms with van der Waals surface area (Å²) < 4.78 is 5.13. The van der Waals surface area contributed by atoms with Gasteiger partial charge in [-0.3, -0.25) is 4.79 Å². The lowest BCUT2D eigenvalue weighted by Gasteiger charge is -2.05. The summed E-state index contributed by atoms with van der Waals surface area (Å²) in [5.74, 6) is 0.524. The number of carbonyl (C=O) groups excluding carboxylic acids is 1. The van der Waals surface area contributed by atoms with Crippen LogP contribution in [-0.2, 0) is 9.53 Å². The maximum absolute atomic E-state index is 10.7. The maximum atomic E-state index is 10.7. The minimum absolute atomic E-state index is 0.115. The molecular formula is C11H13NO2. The summed E-state index contributed by atoms with van der Waals surface area (Å²) >= 11 is 0. The Kier molecular flexibility index (Phi) is 3.73. The lowest BCUT2D eigenvalue weighted by Crippen LogP contribution is -2.12. The lowest BCUT2D eigenvalue weighted by molar-refractivity contribution is -0.118. The number of amides is 1. The number of hydrogen-bond donors (Lipinski definition) is 1. The molecule has 1 aromatic carbocycles. The molecule has 0 heterocycles. The molecule has 0 aliphatic heterocycles. The lowest BCUT2D eigenvalue weighted by atomic mass is 10.2. The van der Waals surface area contributed by atoms with E-state index in [4.69, 9.17) is 4.74 Å². The highest BCUT2D eigenvalue weighted by Gasteiger charge is 1.99. The van der Waals surface area contributed by atoms with E-state index in [2.05, 4.69) is 5.32 Å². The van der Waals surface area contributed by atoms with Gasteiger partial charge in [-0.25, -0.2) is 0 Å². The highest BCUT2D eigenvalue weighted by molar-refractivity contribution is 5.76. The molecule has 14 heavy (non-hydrogen) atoms. The molecule has 0 aliphatic carbocycles. The van der Waals surface area contributed by atoms with Crippen molar-refractivity contribution in [2.75, 3.05) is 7.11 Å². The number of carbonyl (C=O) groups is 1. The molecule has 1 amide bonds. The summed E-state index contributed by atoms with van der Waals surface area (Å²) in [6.45, 7) is 1.45. The predicted octanol–water partition coefficient (Wildman–Crippen LogP) is 1.77. The van der Waals surface area contributed by atoms with Gasteiger partial charge in [-0.15, -0.1) is 0 Å². The van der Waals surface area contributed by atoms with Gasteiger partial charge in [0.25, 0.3) is 0 Å². The molecule has 0 saturated carbocycles. The molecule has 3 heteroatoms. The number of rotatable bonds is 3. The first-order valence-electron chi connectivity index (χ1n) is 4.30. The predicted molar refractivity (Wildman–Crippen MR) is 55.2 cm³/mol. The van der Waals surface area contributed by atoms with Crippen molar-refractivity contribution in [3.05, 3.63) is 42.1 Å². The maximum Gasteiger partial charge on any atom is 0.220 e. The van der Waals surface area contributed by atoms with Crippen LogP contribution in [0.25, 0.3) is 5.76 Å². The van der Waals surface area contributed by atoms with E-state index in [1.54, 1.807) is 13.3 Å². The fourth-order valence-corrected chi connectivity index (χ4v) is 1.03. The molecule has 0 saturated heterocycles. The molecule has 3 nitrogen and oxygen atoms in total. The Bertz CT molecular complexity index is 330. The van der Waals surface area contributed by atoms with Crippen LogP contribution in [0, 0.1) is 0 Å². The van der Waals surface area contributed by atoms with Gasteiger partial charge in [0, 0.05) is 18.7 Å². The highest BCUT2D eigenvalue weighted by atomic mass is 16.5. The van der Waals surface area contributed by atoms with Crippen molar-refractivity contribution in [2.24, 2.45) is 0 Å². The number of benzene rings is 1. The first-order valence-corrected chi connectivity index (χ1v) is 4.30. The Morgan fingerprint density at radius 3 is 2.50 bits per heavy atom. The van der Waals surface area contributed by atoms with Crippen molar-refractivity contribution >= 4 is 11.7 Å². The third-order valence-corrected chi connectivity index (χ3v) is 1.68. The van der Waals surface area contributed by atoms with Crippen LogP contribution in [0.2, 0.25) is 0 Å². The summed E-state index contributed by atoms with van der Waals surface area (Å²) in [5, 5.41) is 2.57. The highest BCUT2D eigenvalue weighted by Crippen LogP contribution is 2.12. The second kappa shape index (κ2) is 5.07. The van der Waals surface area contributed by atoms with Crippen LogP contribution in [0.1, 0.15) is 12.5 Å².